The molecular formula is C15H16N2O3S. The van der Waals surface area contributed by atoms with Crippen LogP contribution in [-0.2, 0) is 11.3 Å². The largest absolute Gasteiger partial charge is 0.454 e. The zero-order chi connectivity index (χ0) is 14.1. The van der Waals surface area contributed by atoms with E-state index in [1.807, 2.05) is 18.2 Å². The lowest BCUT2D eigenvalue weighted by atomic mass is 10.1. The van der Waals surface area contributed by atoms with Crippen LogP contribution in [0.1, 0.15) is 5.01 Å². The quantitative estimate of drug-likeness (QED) is 0.871. The van der Waals surface area contributed by atoms with Crippen molar-refractivity contribution in [1.29, 1.82) is 0 Å². The van der Waals surface area contributed by atoms with Gasteiger partial charge in [0.2, 0.25) is 6.79 Å². The molecule has 0 bridgehead atoms. The second-order valence-electron chi connectivity index (χ2n) is 5.08. The minimum absolute atomic E-state index is 0.304. The van der Waals surface area contributed by atoms with Crippen LogP contribution in [0.15, 0.2) is 23.6 Å². The second kappa shape index (κ2) is 5.63. The molecule has 0 spiro atoms. The molecule has 21 heavy (non-hydrogen) atoms. The summed E-state index contributed by atoms with van der Waals surface area (Å²) in [7, 11) is 0. The molecule has 1 aromatic carbocycles. The van der Waals surface area contributed by atoms with Crippen LogP contribution in [0.3, 0.4) is 0 Å². The van der Waals surface area contributed by atoms with E-state index in [9.17, 15) is 0 Å². The maximum absolute atomic E-state index is 5.42. The van der Waals surface area contributed by atoms with Gasteiger partial charge in [0.05, 0.1) is 25.5 Å². The molecule has 1 fully saturated rings. The Morgan fingerprint density at radius 2 is 2.00 bits per heavy atom. The van der Waals surface area contributed by atoms with Crippen LogP contribution < -0.4 is 9.47 Å². The average Bonchev–Trinajstić information content (AvgIpc) is 3.16. The molecule has 0 unspecified atom stereocenters. The van der Waals surface area contributed by atoms with Crippen molar-refractivity contribution in [1.82, 2.24) is 9.88 Å². The Hall–Kier alpha value is -1.63. The summed E-state index contributed by atoms with van der Waals surface area (Å²) in [5.41, 5.74) is 2.07. The number of thiazole rings is 1. The van der Waals surface area contributed by atoms with Gasteiger partial charge in [0.15, 0.2) is 11.5 Å². The Morgan fingerprint density at radius 3 is 2.90 bits per heavy atom. The summed E-state index contributed by atoms with van der Waals surface area (Å²) in [4.78, 5) is 7.12. The van der Waals surface area contributed by atoms with Crippen LogP contribution in [0, 0.1) is 0 Å². The molecular weight excluding hydrogens is 288 g/mol. The van der Waals surface area contributed by atoms with Gasteiger partial charge in [-0.1, -0.05) is 0 Å². The zero-order valence-electron chi connectivity index (χ0n) is 11.6. The summed E-state index contributed by atoms with van der Waals surface area (Å²) >= 11 is 1.71. The third-order valence-electron chi connectivity index (χ3n) is 3.68. The topological polar surface area (TPSA) is 43.8 Å². The molecule has 0 N–H and O–H groups in total. The molecule has 0 radical (unpaired) electrons. The first-order chi connectivity index (χ1) is 10.4. The molecule has 2 aromatic rings. The average molecular weight is 304 g/mol. The van der Waals surface area contributed by atoms with Crippen molar-refractivity contribution in [2.75, 3.05) is 33.1 Å². The van der Waals surface area contributed by atoms with Crippen molar-refractivity contribution in [2.24, 2.45) is 0 Å². The maximum Gasteiger partial charge on any atom is 0.231 e. The molecule has 0 aliphatic carbocycles. The van der Waals surface area contributed by atoms with E-state index in [2.05, 4.69) is 10.3 Å². The number of fused-ring (bicyclic) bond motifs is 1. The van der Waals surface area contributed by atoms with Gasteiger partial charge < -0.3 is 14.2 Å². The van der Waals surface area contributed by atoms with Crippen molar-refractivity contribution < 1.29 is 14.2 Å². The van der Waals surface area contributed by atoms with Crippen LogP contribution in [0.25, 0.3) is 11.3 Å². The SMILES string of the molecule is c1cc2c(cc1-c1csc(CN3CCOCC3)n1)OCO2. The third kappa shape index (κ3) is 2.74. The van der Waals surface area contributed by atoms with Crippen LogP contribution in [0.2, 0.25) is 0 Å². The summed E-state index contributed by atoms with van der Waals surface area (Å²) in [6, 6.07) is 5.97. The molecule has 4 rings (SSSR count). The smallest absolute Gasteiger partial charge is 0.231 e. The van der Waals surface area contributed by atoms with Crippen LogP contribution >= 0.6 is 11.3 Å². The lowest BCUT2D eigenvalue weighted by Crippen LogP contribution is -2.35. The summed E-state index contributed by atoms with van der Waals surface area (Å²) in [6.07, 6.45) is 0. The molecule has 2 aliphatic heterocycles. The highest BCUT2D eigenvalue weighted by Crippen LogP contribution is 2.36. The summed E-state index contributed by atoms with van der Waals surface area (Å²) in [5.74, 6) is 1.61. The molecule has 3 heterocycles. The van der Waals surface area contributed by atoms with Gasteiger partial charge in [-0.05, 0) is 18.2 Å². The summed E-state index contributed by atoms with van der Waals surface area (Å²) in [6.45, 7) is 4.81. The fraction of sp³-hybridized carbons (Fsp3) is 0.400. The van der Waals surface area contributed by atoms with Crippen molar-refractivity contribution >= 4 is 11.3 Å². The minimum Gasteiger partial charge on any atom is -0.454 e. The first kappa shape index (κ1) is 13.1. The lowest BCUT2D eigenvalue weighted by Gasteiger charge is -2.25. The second-order valence-corrected chi connectivity index (χ2v) is 6.03. The standard InChI is InChI=1S/C15H16N2O3S/c1-2-13-14(20-10-19-13)7-11(1)12-9-21-15(16-12)8-17-3-5-18-6-4-17/h1-2,7,9H,3-6,8,10H2. The summed E-state index contributed by atoms with van der Waals surface area (Å²) in [5, 5.41) is 3.25. The zero-order valence-corrected chi connectivity index (χ0v) is 12.4. The molecule has 0 atom stereocenters. The van der Waals surface area contributed by atoms with E-state index in [1.54, 1.807) is 11.3 Å². The van der Waals surface area contributed by atoms with Gasteiger partial charge in [0, 0.05) is 24.0 Å². The molecule has 1 saturated heterocycles. The Morgan fingerprint density at radius 1 is 1.14 bits per heavy atom. The van der Waals surface area contributed by atoms with Crippen LogP contribution in [0.5, 0.6) is 11.5 Å². The van der Waals surface area contributed by atoms with Crippen LogP contribution in [0.4, 0.5) is 0 Å². The van der Waals surface area contributed by atoms with E-state index in [4.69, 9.17) is 19.2 Å². The number of ether oxygens (including phenoxy) is 3. The van der Waals surface area contributed by atoms with Gasteiger partial charge in [-0.25, -0.2) is 4.98 Å². The lowest BCUT2D eigenvalue weighted by molar-refractivity contribution is 0.0342. The van der Waals surface area contributed by atoms with Gasteiger partial charge in [-0.15, -0.1) is 11.3 Å². The molecule has 0 saturated carbocycles. The van der Waals surface area contributed by atoms with Gasteiger partial charge in [-0.2, -0.15) is 0 Å². The van der Waals surface area contributed by atoms with E-state index >= 15 is 0 Å². The van der Waals surface area contributed by atoms with Crippen molar-refractivity contribution in [2.45, 2.75) is 6.54 Å². The molecule has 6 heteroatoms. The Balaban J connectivity index is 1.51. The molecule has 0 amide bonds. The number of aromatic nitrogens is 1. The van der Waals surface area contributed by atoms with E-state index in [1.165, 1.54) is 0 Å². The fourth-order valence-corrected chi connectivity index (χ4v) is 3.37. The number of morpholine rings is 1. The first-order valence-electron chi connectivity index (χ1n) is 7.03. The Labute approximate surface area is 127 Å². The molecule has 110 valence electrons. The van der Waals surface area contributed by atoms with Gasteiger partial charge in [0.25, 0.3) is 0 Å². The maximum atomic E-state index is 5.42. The number of hydrogen-bond donors (Lipinski definition) is 0. The van der Waals surface area contributed by atoms with E-state index in [0.717, 1.165) is 60.6 Å². The number of nitrogens with zero attached hydrogens (tertiary/aromatic N) is 2. The molecule has 2 aliphatic rings. The van der Waals surface area contributed by atoms with E-state index in [0.29, 0.717) is 6.79 Å². The first-order valence-corrected chi connectivity index (χ1v) is 7.91. The predicted molar refractivity (Wildman–Crippen MR) is 79.8 cm³/mol. The highest BCUT2D eigenvalue weighted by Gasteiger charge is 2.16. The van der Waals surface area contributed by atoms with Crippen molar-refractivity contribution in [3.63, 3.8) is 0 Å². The number of hydrogen-bond acceptors (Lipinski definition) is 6. The minimum atomic E-state index is 0.304. The highest BCUT2D eigenvalue weighted by molar-refractivity contribution is 7.09. The highest BCUT2D eigenvalue weighted by atomic mass is 32.1. The Bertz CT molecular complexity index is 638. The van der Waals surface area contributed by atoms with Crippen molar-refractivity contribution in [3.8, 4) is 22.8 Å². The Kier molecular flexibility index (Phi) is 3.50. The molecule has 1 aromatic heterocycles. The van der Waals surface area contributed by atoms with E-state index in [-0.39, 0.29) is 0 Å². The summed E-state index contributed by atoms with van der Waals surface area (Å²) < 4.78 is 16.1. The molecule has 5 nitrogen and oxygen atoms in total. The number of rotatable bonds is 3. The monoisotopic (exact) mass is 304 g/mol. The van der Waals surface area contributed by atoms with Gasteiger partial charge in [0.1, 0.15) is 5.01 Å². The van der Waals surface area contributed by atoms with Gasteiger partial charge in [-0.3, -0.25) is 4.90 Å². The normalized spacial score (nSPS) is 18.1. The van der Waals surface area contributed by atoms with Crippen LogP contribution in [-0.4, -0.2) is 43.0 Å². The predicted octanol–water partition coefficient (Wildman–Crippen LogP) is 2.37. The van der Waals surface area contributed by atoms with Gasteiger partial charge >= 0.3 is 0 Å². The third-order valence-corrected chi connectivity index (χ3v) is 4.52. The number of benzene rings is 1. The van der Waals surface area contributed by atoms with Crippen molar-refractivity contribution in [3.05, 3.63) is 28.6 Å². The fourth-order valence-electron chi connectivity index (χ4n) is 2.52. The van der Waals surface area contributed by atoms with E-state index < -0.39 is 0 Å².